The van der Waals surface area contributed by atoms with E-state index in [-0.39, 0.29) is 17.7 Å². The van der Waals surface area contributed by atoms with Gasteiger partial charge in [-0.1, -0.05) is 64.5 Å². The van der Waals surface area contributed by atoms with Gasteiger partial charge in [-0.25, -0.2) is 0 Å². The summed E-state index contributed by atoms with van der Waals surface area (Å²) in [6, 6.07) is 7.15. The molecule has 1 rings (SSSR count). The maximum Gasteiger partial charge on any atom is 0.308 e. The molecule has 1 amide bonds. The van der Waals surface area contributed by atoms with Crippen LogP contribution in [0, 0.1) is 0 Å². The molecule has 0 aliphatic carbocycles. The molecule has 0 spiro atoms. The molecule has 29 heavy (non-hydrogen) atoms. The molecule has 1 aromatic rings. The van der Waals surface area contributed by atoms with Gasteiger partial charge in [-0.2, -0.15) is 8.42 Å². The van der Waals surface area contributed by atoms with Crippen LogP contribution in [0.4, 0.5) is 0 Å². The summed E-state index contributed by atoms with van der Waals surface area (Å²) in [5.41, 5.74) is 0.877. The number of unbranched alkanes of at least 4 members (excludes halogenated alkanes) is 6. The van der Waals surface area contributed by atoms with Gasteiger partial charge in [0.2, 0.25) is 5.91 Å². The lowest BCUT2D eigenvalue weighted by molar-refractivity contribution is -0.134. The normalized spacial score (nSPS) is 12.6. The number of hydrogen-bond acceptors (Lipinski definition) is 4. The minimum absolute atomic E-state index is 0.0762. The molecule has 0 aromatic heterocycles. The van der Waals surface area contributed by atoms with Crippen molar-refractivity contribution in [2.45, 2.75) is 98.1 Å². The molecule has 0 bridgehead atoms. The quantitative estimate of drug-likeness (QED) is 0.268. The second kappa shape index (κ2) is 13.6. The molecule has 1 aromatic carbocycles. The zero-order valence-electron chi connectivity index (χ0n) is 18.7. The Hall–Kier alpha value is -1.56. The van der Waals surface area contributed by atoms with E-state index in [0.717, 1.165) is 24.8 Å². The zero-order chi connectivity index (χ0) is 21.7. The van der Waals surface area contributed by atoms with Crippen LogP contribution in [0.3, 0.4) is 0 Å². The average Bonchev–Trinajstić information content (AvgIpc) is 2.70. The molecule has 166 valence electrons. The zero-order valence-corrected chi connectivity index (χ0v) is 19.5. The van der Waals surface area contributed by atoms with Crippen molar-refractivity contribution in [1.29, 1.82) is 0 Å². The van der Waals surface area contributed by atoms with Gasteiger partial charge >= 0.3 is 10.1 Å². The van der Waals surface area contributed by atoms with Crippen molar-refractivity contribution in [3.05, 3.63) is 29.8 Å². The van der Waals surface area contributed by atoms with E-state index in [0.29, 0.717) is 18.7 Å². The Labute approximate surface area is 178 Å². The van der Waals surface area contributed by atoms with Gasteiger partial charge in [0.15, 0.2) is 0 Å². The van der Waals surface area contributed by atoms with Crippen LogP contribution in [0.15, 0.2) is 24.3 Å². The van der Waals surface area contributed by atoms with Gasteiger partial charge in [-0.05, 0) is 44.4 Å². The van der Waals surface area contributed by atoms with Crippen molar-refractivity contribution in [2.75, 3.05) is 5.75 Å². The lowest BCUT2D eigenvalue weighted by Gasteiger charge is -2.29. The lowest BCUT2D eigenvalue weighted by Crippen LogP contribution is -2.37. The first kappa shape index (κ1) is 25.5. The number of amides is 1. The topological polar surface area (TPSA) is 63.7 Å². The minimum Gasteiger partial charge on any atom is -0.382 e. The first-order valence-corrected chi connectivity index (χ1v) is 12.7. The Morgan fingerprint density at radius 3 is 2.31 bits per heavy atom. The summed E-state index contributed by atoms with van der Waals surface area (Å²) in [6.45, 7) is 8.36. The van der Waals surface area contributed by atoms with Crippen molar-refractivity contribution in [2.24, 2.45) is 0 Å². The van der Waals surface area contributed by atoms with Crippen molar-refractivity contribution in [3.8, 4) is 5.75 Å². The van der Waals surface area contributed by atoms with Crippen LogP contribution in [-0.2, 0) is 21.5 Å². The van der Waals surface area contributed by atoms with Crippen molar-refractivity contribution >= 4 is 16.0 Å². The van der Waals surface area contributed by atoms with E-state index in [1.807, 2.05) is 11.0 Å². The second-order valence-electron chi connectivity index (χ2n) is 7.73. The molecular weight excluding hydrogens is 386 g/mol. The lowest BCUT2D eigenvalue weighted by atomic mass is 10.1. The van der Waals surface area contributed by atoms with Crippen LogP contribution in [0.1, 0.15) is 91.0 Å². The monoisotopic (exact) mass is 425 g/mol. The summed E-state index contributed by atoms with van der Waals surface area (Å²) in [5, 5.41) is 0. The summed E-state index contributed by atoms with van der Waals surface area (Å²) >= 11 is 0. The SMILES string of the molecule is CCCCCCCCCC(=O)N(Cc1cccc(OS(=O)(=O)CC)c1)C(C)CC. The fourth-order valence-electron chi connectivity index (χ4n) is 3.19. The van der Waals surface area contributed by atoms with Gasteiger partial charge in [0.1, 0.15) is 5.75 Å². The highest BCUT2D eigenvalue weighted by Gasteiger charge is 2.19. The largest absolute Gasteiger partial charge is 0.382 e. The first-order valence-electron chi connectivity index (χ1n) is 11.1. The van der Waals surface area contributed by atoms with Gasteiger partial charge in [-0.15, -0.1) is 0 Å². The van der Waals surface area contributed by atoms with E-state index in [9.17, 15) is 13.2 Å². The van der Waals surface area contributed by atoms with Crippen LogP contribution >= 0.6 is 0 Å². The number of hydrogen-bond donors (Lipinski definition) is 0. The maximum atomic E-state index is 12.8. The molecule has 0 saturated heterocycles. The third kappa shape index (κ3) is 10.2. The molecule has 0 heterocycles. The summed E-state index contributed by atoms with van der Waals surface area (Å²) in [4.78, 5) is 14.7. The van der Waals surface area contributed by atoms with Gasteiger partial charge < -0.3 is 9.08 Å². The number of nitrogens with zero attached hydrogens (tertiary/aromatic N) is 1. The Kier molecular flexibility index (Phi) is 12.0. The Balaban J connectivity index is 2.66. The van der Waals surface area contributed by atoms with Crippen LogP contribution < -0.4 is 4.18 Å². The van der Waals surface area contributed by atoms with Crippen molar-refractivity contribution < 1.29 is 17.4 Å². The molecular formula is C23H39NO4S. The van der Waals surface area contributed by atoms with E-state index in [2.05, 4.69) is 20.8 Å². The predicted molar refractivity (Wildman–Crippen MR) is 119 cm³/mol. The standard InChI is InChI=1S/C23H39NO4S/c1-5-8-9-10-11-12-13-17-23(25)24(20(4)6-2)19-21-15-14-16-22(18-21)28-29(26,27)7-3/h14-16,18,20H,5-13,17,19H2,1-4H3. The highest BCUT2D eigenvalue weighted by atomic mass is 32.2. The Morgan fingerprint density at radius 1 is 1.03 bits per heavy atom. The molecule has 1 unspecified atom stereocenters. The number of rotatable bonds is 15. The molecule has 0 aliphatic heterocycles. The average molecular weight is 426 g/mol. The van der Waals surface area contributed by atoms with E-state index in [1.54, 1.807) is 25.1 Å². The summed E-state index contributed by atoms with van der Waals surface area (Å²) in [6.07, 6.45) is 9.75. The van der Waals surface area contributed by atoms with Gasteiger partial charge in [0, 0.05) is 19.0 Å². The molecule has 6 heteroatoms. The number of benzene rings is 1. The van der Waals surface area contributed by atoms with Crippen LogP contribution in [0.2, 0.25) is 0 Å². The summed E-state index contributed by atoms with van der Waals surface area (Å²) in [7, 11) is -3.56. The second-order valence-corrected chi connectivity index (χ2v) is 9.59. The molecule has 0 fully saturated rings. The number of carbonyl (C=O) groups is 1. The minimum atomic E-state index is -3.56. The summed E-state index contributed by atoms with van der Waals surface area (Å²) < 4.78 is 28.5. The Morgan fingerprint density at radius 2 is 1.69 bits per heavy atom. The molecule has 1 atom stereocenters. The number of carbonyl (C=O) groups excluding carboxylic acids is 1. The fraction of sp³-hybridized carbons (Fsp3) is 0.696. The molecule has 0 N–H and O–H groups in total. The van der Waals surface area contributed by atoms with Gasteiger partial charge in [0.05, 0.1) is 5.75 Å². The third-order valence-corrected chi connectivity index (χ3v) is 6.42. The Bertz CT molecular complexity index is 703. The van der Waals surface area contributed by atoms with E-state index in [4.69, 9.17) is 4.18 Å². The van der Waals surface area contributed by atoms with Gasteiger partial charge in [-0.3, -0.25) is 4.79 Å². The van der Waals surface area contributed by atoms with Crippen LogP contribution in [-0.4, -0.2) is 31.0 Å². The molecule has 0 aliphatic rings. The first-order chi connectivity index (χ1) is 13.8. The molecule has 0 radical (unpaired) electrons. The predicted octanol–water partition coefficient (Wildman–Crippen LogP) is 5.68. The third-order valence-electron chi connectivity index (χ3n) is 5.27. The fourth-order valence-corrected chi connectivity index (χ4v) is 3.70. The van der Waals surface area contributed by atoms with E-state index in [1.165, 1.54) is 32.1 Å². The summed E-state index contributed by atoms with van der Waals surface area (Å²) in [5.74, 6) is 0.390. The molecule has 5 nitrogen and oxygen atoms in total. The van der Waals surface area contributed by atoms with E-state index >= 15 is 0 Å². The smallest absolute Gasteiger partial charge is 0.308 e. The highest BCUT2D eigenvalue weighted by Crippen LogP contribution is 2.20. The van der Waals surface area contributed by atoms with Gasteiger partial charge in [0.25, 0.3) is 0 Å². The van der Waals surface area contributed by atoms with E-state index < -0.39 is 10.1 Å². The van der Waals surface area contributed by atoms with Crippen LogP contribution in [0.25, 0.3) is 0 Å². The van der Waals surface area contributed by atoms with Crippen molar-refractivity contribution in [1.82, 2.24) is 4.90 Å². The maximum absolute atomic E-state index is 12.8. The van der Waals surface area contributed by atoms with Crippen LogP contribution in [0.5, 0.6) is 5.75 Å². The highest BCUT2D eigenvalue weighted by molar-refractivity contribution is 7.87. The van der Waals surface area contributed by atoms with Crippen molar-refractivity contribution in [3.63, 3.8) is 0 Å². The molecule has 0 saturated carbocycles.